The van der Waals surface area contributed by atoms with Crippen molar-refractivity contribution in [3.8, 4) is 0 Å². The molecule has 2 atom stereocenters. The van der Waals surface area contributed by atoms with Crippen molar-refractivity contribution in [2.45, 2.75) is 44.2 Å². The molecule has 2 fully saturated rings. The number of nitrogens with one attached hydrogen (secondary N) is 1. The summed E-state index contributed by atoms with van der Waals surface area (Å²) in [7, 11) is 0. The maximum atomic E-state index is 10.7. The van der Waals surface area contributed by atoms with Crippen molar-refractivity contribution >= 4 is 5.97 Å². The molecule has 4 heteroatoms. The number of aromatic carboxylic acids is 1. The average molecular weight is 246 g/mol. The minimum absolute atomic E-state index is 0.268. The van der Waals surface area contributed by atoms with Crippen LogP contribution in [0.5, 0.6) is 0 Å². The molecular weight excluding hydrogens is 228 g/mol. The molecule has 0 saturated carbocycles. The number of aromatic nitrogens is 1. The summed E-state index contributed by atoms with van der Waals surface area (Å²) in [6.45, 7) is 0. The van der Waals surface area contributed by atoms with Crippen molar-refractivity contribution in [2.75, 3.05) is 0 Å². The maximum absolute atomic E-state index is 10.7. The van der Waals surface area contributed by atoms with Crippen LogP contribution in [-0.4, -0.2) is 28.1 Å². The molecule has 3 heterocycles. The van der Waals surface area contributed by atoms with Gasteiger partial charge in [-0.3, -0.25) is 4.98 Å². The molecule has 0 unspecified atom stereocenters. The third-order valence-corrected chi connectivity index (χ3v) is 4.14. The van der Waals surface area contributed by atoms with Gasteiger partial charge in [0.05, 0.1) is 5.56 Å². The van der Waals surface area contributed by atoms with Gasteiger partial charge in [0.15, 0.2) is 0 Å². The van der Waals surface area contributed by atoms with Gasteiger partial charge in [-0.05, 0) is 50.2 Å². The Morgan fingerprint density at radius 3 is 2.61 bits per heavy atom. The molecule has 2 aliphatic rings. The molecular formula is C14H18N2O2. The number of fused-ring (bicyclic) bond motifs is 2. The summed E-state index contributed by atoms with van der Waals surface area (Å²) < 4.78 is 0. The van der Waals surface area contributed by atoms with E-state index < -0.39 is 5.97 Å². The summed E-state index contributed by atoms with van der Waals surface area (Å²) in [5.41, 5.74) is 1.29. The van der Waals surface area contributed by atoms with Crippen molar-refractivity contribution in [1.29, 1.82) is 0 Å². The van der Waals surface area contributed by atoms with Crippen molar-refractivity contribution < 1.29 is 9.90 Å². The van der Waals surface area contributed by atoms with Gasteiger partial charge in [0.1, 0.15) is 0 Å². The number of hydrogen-bond acceptors (Lipinski definition) is 3. The van der Waals surface area contributed by atoms with Crippen LogP contribution in [-0.2, 0) is 6.42 Å². The van der Waals surface area contributed by atoms with Crippen LogP contribution in [0, 0.1) is 5.92 Å². The van der Waals surface area contributed by atoms with Crippen LogP contribution in [0.2, 0.25) is 0 Å². The predicted octanol–water partition coefficient (Wildman–Crippen LogP) is 1.85. The SMILES string of the molecule is O=C(O)c1ccc(CC2C[C@H]3CC[C@H](C2)N3)nc1. The predicted molar refractivity (Wildman–Crippen MR) is 67.6 cm³/mol. The molecule has 0 aliphatic carbocycles. The van der Waals surface area contributed by atoms with Crippen LogP contribution in [0.15, 0.2) is 18.3 Å². The number of piperidine rings is 1. The molecule has 0 spiro atoms. The number of carbonyl (C=O) groups is 1. The molecule has 3 rings (SSSR count). The first kappa shape index (κ1) is 11.7. The topological polar surface area (TPSA) is 62.2 Å². The van der Waals surface area contributed by atoms with Crippen LogP contribution in [0.1, 0.15) is 41.7 Å². The highest BCUT2D eigenvalue weighted by Gasteiger charge is 2.33. The molecule has 0 aromatic carbocycles. The molecule has 1 aromatic heterocycles. The fraction of sp³-hybridized carbons (Fsp3) is 0.571. The largest absolute Gasteiger partial charge is 0.478 e. The maximum Gasteiger partial charge on any atom is 0.337 e. The summed E-state index contributed by atoms with van der Waals surface area (Å²) in [4.78, 5) is 15.0. The van der Waals surface area contributed by atoms with Crippen molar-refractivity contribution in [3.63, 3.8) is 0 Å². The second kappa shape index (κ2) is 4.69. The van der Waals surface area contributed by atoms with E-state index in [0.29, 0.717) is 18.0 Å². The Morgan fingerprint density at radius 2 is 2.06 bits per heavy atom. The van der Waals surface area contributed by atoms with E-state index in [9.17, 15) is 4.79 Å². The Labute approximate surface area is 106 Å². The monoisotopic (exact) mass is 246 g/mol. The van der Waals surface area contributed by atoms with Crippen molar-refractivity contribution in [3.05, 3.63) is 29.6 Å². The third-order valence-electron chi connectivity index (χ3n) is 4.14. The zero-order valence-electron chi connectivity index (χ0n) is 10.3. The van der Waals surface area contributed by atoms with E-state index in [1.165, 1.54) is 31.9 Å². The number of hydrogen-bond donors (Lipinski definition) is 2. The summed E-state index contributed by atoms with van der Waals surface area (Å²) in [6.07, 6.45) is 7.54. The zero-order valence-corrected chi connectivity index (χ0v) is 10.3. The first-order chi connectivity index (χ1) is 8.70. The molecule has 2 saturated heterocycles. The zero-order chi connectivity index (χ0) is 12.5. The standard InChI is InChI=1S/C14H18N2O2/c17-14(18)10-1-2-11(15-8-10)5-9-6-12-3-4-13(7-9)16-12/h1-2,8-9,12-13,16H,3-7H2,(H,17,18)/t12-,13-/m1/s1. The van der Waals surface area contributed by atoms with Gasteiger partial charge in [-0.2, -0.15) is 0 Å². The Hall–Kier alpha value is -1.42. The van der Waals surface area contributed by atoms with E-state index in [0.717, 1.165) is 12.1 Å². The molecule has 2 aliphatic heterocycles. The van der Waals surface area contributed by atoms with Gasteiger partial charge in [-0.25, -0.2) is 4.79 Å². The Bertz CT molecular complexity index is 432. The highest BCUT2D eigenvalue weighted by atomic mass is 16.4. The van der Waals surface area contributed by atoms with Gasteiger partial charge < -0.3 is 10.4 Å². The minimum Gasteiger partial charge on any atom is -0.478 e. The van der Waals surface area contributed by atoms with Crippen LogP contribution in [0.3, 0.4) is 0 Å². The lowest BCUT2D eigenvalue weighted by Crippen LogP contribution is -2.38. The quantitative estimate of drug-likeness (QED) is 0.854. The van der Waals surface area contributed by atoms with Crippen LogP contribution in [0.25, 0.3) is 0 Å². The fourth-order valence-corrected chi connectivity index (χ4v) is 3.31. The molecule has 96 valence electrons. The number of carboxylic acids is 1. The van der Waals surface area contributed by atoms with Gasteiger partial charge in [0.2, 0.25) is 0 Å². The Kier molecular flexibility index (Phi) is 3.04. The van der Waals surface area contributed by atoms with Crippen LogP contribution in [0.4, 0.5) is 0 Å². The van der Waals surface area contributed by atoms with E-state index >= 15 is 0 Å². The lowest BCUT2D eigenvalue weighted by atomic mass is 9.88. The first-order valence-electron chi connectivity index (χ1n) is 6.65. The Balaban J connectivity index is 1.64. The summed E-state index contributed by atoms with van der Waals surface area (Å²) in [5, 5.41) is 12.5. The molecule has 0 radical (unpaired) electrons. The lowest BCUT2D eigenvalue weighted by molar-refractivity contribution is 0.0696. The summed E-state index contributed by atoms with van der Waals surface area (Å²) in [5.74, 6) is -0.208. The van der Waals surface area contributed by atoms with E-state index in [1.807, 2.05) is 6.07 Å². The van der Waals surface area contributed by atoms with Gasteiger partial charge >= 0.3 is 5.97 Å². The first-order valence-corrected chi connectivity index (χ1v) is 6.65. The summed E-state index contributed by atoms with van der Waals surface area (Å²) in [6, 6.07) is 4.91. The van der Waals surface area contributed by atoms with Gasteiger partial charge in [-0.1, -0.05) is 0 Å². The fourth-order valence-electron chi connectivity index (χ4n) is 3.31. The highest BCUT2D eigenvalue weighted by molar-refractivity contribution is 5.87. The van der Waals surface area contributed by atoms with E-state index in [2.05, 4.69) is 10.3 Å². The highest BCUT2D eigenvalue weighted by Crippen LogP contribution is 2.32. The second-order valence-corrected chi connectivity index (χ2v) is 5.52. The van der Waals surface area contributed by atoms with Gasteiger partial charge in [0, 0.05) is 24.0 Å². The Morgan fingerprint density at radius 1 is 1.33 bits per heavy atom. The van der Waals surface area contributed by atoms with Gasteiger partial charge in [0.25, 0.3) is 0 Å². The molecule has 18 heavy (non-hydrogen) atoms. The van der Waals surface area contributed by atoms with Gasteiger partial charge in [-0.15, -0.1) is 0 Å². The summed E-state index contributed by atoms with van der Waals surface area (Å²) >= 11 is 0. The molecule has 4 nitrogen and oxygen atoms in total. The third kappa shape index (κ3) is 2.38. The van der Waals surface area contributed by atoms with Crippen LogP contribution < -0.4 is 5.32 Å². The number of rotatable bonds is 3. The van der Waals surface area contributed by atoms with Crippen LogP contribution >= 0.6 is 0 Å². The van der Waals surface area contributed by atoms with Crippen molar-refractivity contribution in [2.24, 2.45) is 5.92 Å². The molecule has 2 bridgehead atoms. The molecule has 2 N–H and O–H groups in total. The van der Waals surface area contributed by atoms with E-state index in [-0.39, 0.29) is 5.56 Å². The number of nitrogens with zero attached hydrogens (tertiary/aromatic N) is 1. The normalized spacial score (nSPS) is 30.3. The lowest BCUT2D eigenvalue weighted by Gasteiger charge is -2.28. The average Bonchev–Trinajstić information content (AvgIpc) is 2.69. The van der Waals surface area contributed by atoms with E-state index in [1.54, 1.807) is 6.07 Å². The number of carboxylic acid groups (broad SMARTS) is 1. The smallest absolute Gasteiger partial charge is 0.337 e. The number of pyridine rings is 1. The molecule has 1 aromatic rings. The molecule has 0 amide bonds. The minimum atomic E-state index is -0.908. The van der Waals surface area contributed by atoms with E-state index in [4.69, 9.17) is 5.11 Å². The van der Waals surface area contributed by atoms with Crippen molar-refractivity contribution in [1.82, 2.24) is 10.3 Å². The second-order valence-electron chi connectivity index (χ2n) is 5.52.